The highest BCUT2D eigenvalue weighted by molar-refractivity contribution is 9.10. The summed E-state index contributed by atoms with van der Waals surface area (Å²) in [5, 5.41) is 3.12. The molecule has 0 aliphatic heterocycles. The van der Waals surface area contributed by atoms with Crippen molar-refractivity contribution in [2.45, 2.75) is 6.54 Å². The summed E-state index contributed by atoms with van der Waals surface area (Å²) in [4.78, 5) is 0. The van der Waals surface area contributed by atoms with Crippen molar-refractivity contribution in [3.63, 3.8) is 0 Å². The summed E-state index contributed by atoms with van der Waals surface area (Å²) in [5.74, 6) is -0.331. The van der Waals surface area contributed by atoms with Crippen molar-refractivity contribution in [3.8, 4) is 0 Å². The largest absolute Gasteiger partial charge is 0.397 e. The van der Waals surface area contributed by atoms with E-state index in [2.05, 4.69) is 37.2 Å². The molecule has 0 unspecified atom stereocenters. The number of hydrogen-bond acceptors (Lipinski definition) is 2. The molecule has 0 saturated carbocycles. The molecule has 0 amide bonds. The highest BCUT2D eigenvalue weighted by Gasteiger charge is 2.05. The van der Waals surface area contributed by atoms with E-state index in [-0.39, 0.29) is 5.82 Å². The average Bonchev–Trinajstić information content (AvgIpc) is 2.34. The Labute approximate surface area is 122 Å². The highest BCUT2D eigenvalue weighted by Crippen LogP contribution is 2.26. The molecular formula is C13H11Br2FN2. The molecule has 2 aromatic rings. The Morgan fingerprint density at radius 1 is 1.11 bits per heavy atom. The summed E-state index contributed by atoms with van der Waals surface area (Å²) in [5.41, 5.74) is 8.02. The minimum absolute atomic E-state index is 0.331. The fourth-order valence-electron chi connectivity index (χ4n) is 1.51. The van der Waals surface area contributed by atoms with Crippen LogP contribution in [0.5, 0.6) is 0 Å². The number of benzene rings is 2. The topological polar surface area (TPSA) is 38.0 Å². The SMILES string of the molecule is Nc1cc(Br)c(F)cc1NCc1ccc(Br)cc1. The molecule has 2 nitrogen and oxygen atoms in total. The van der Waals surface area contributed by atoms with E-state index in [9.17, 15) is 4.39 Å². The van der Waals surface area contributed by atoms with E-state index in [0.29, 0.717) is 22.4 Å². The van der Waals surface area contributed by atoms with E-state index < -0.39 is 0 Å². The first-order valence-corrected chi connectivity index (χ1v) is 6.87. The fraction of sp³-hybridized carbons (Fsp3) is 0.0769. The smallest absolute Gasteiger partial charge is 0.139 e. The zero-order chi connectivity index (χ0) is 13.1. The van der Waals surface area contributed by atoms with Gasteiger partial charge in [-0.05, 0) is 39.7 Å². The molecule has 0 radical (unpaired) electrons. The van der Waals surface area contributed by atoms with Crippen molar-refractivity contribution < 1.29 is 4.39 Å². The van der Waals surface area contributed by atoms with Gasteiger partial charge in [0.25, 0.3) is 0 Å². The van der Waals surface area contributed by atoms with Gasteiger partial charge in [-0.25, -0.2) is 4.39 Å². The van der Waals surface area contributed by atoms with Crippen molar-refractivity contribution in [2.75, 3.05) is 11.1 Å². The lowest BCUT2D eigenvalue weighted by Crippen LogP contribution is -2.03. The highest BCUT2D eigenvalue weighted by atomic mass is 79.9. The van der Waals surface area contributed by atoms with Crippen LogP contribution in [0.15, 0.2) is 45.3 Å². The van der Waals surface area contributed by atoms with Gasteiger partial charge in [0.15, 0.2) is 0 Å². The average molecular weight is 374 g/mol. The lowest BCUT2D eigenvalue weighted by molar-refractivity contribution is 0.622. The maximum atomic E-state index is 13.4. The molecule has 3 N–H and O–H groups in total. The van der Waals surface area contributed by atoms with E-state index >= 15 is 0 Å². The molecule has 0 saturated heterocycles. The van der Waals surface area contributed by atoms with Crippen LogP contribution < -0.4 is 11.1 Å². The molecule has 5 heteroatoms. The zero-order valence-electron chi connectivity index (χ0n) is 9.38. The van der Waals surface area contributed by atoms with Crippen molar-refractivity contribution >= 4 is 43.2 Å². The predicted octanol–water partition coefficient (Wildman–Crippen LogP) is 4.55. The van der Waals surface area contributed by atoms with Crippen LogP contribution in [0.3, 0.4) is 0 Å². The van der Waals surface area contributed by atoms with E-state index in [1.54, 1.807) is 6.07 Å². The van der Waals surface area contributed by atoms with Gasteiger partial charge in [-0.1, -0.05) is 28.1 Å². The summed E-state index contributed by atoms with van der Waals surface area (Å²) in [7, 11) is 0. The van der Waals surface area contributed by atoms with Crippen LogP contribution in [0.4, 0.5) is 15.8 Å². The van der Waals surface area contributed by atoms with E-state index in [1.807, 2.05) is 24.3 Å². The third-order valence-electron chi connectivity index (χ3n) is 2.49. The predicted molar refractivity (Wildman–Crippen MR) is 80.0 cm³/mol. The van der Waals surface area contributed by atoms with Gasteiger partial charge in [0.2, 0.25) is 0 Å². The first-order valence-electron chi connectivity index (χ1n) is 5.29. The van der Waals surface area contributed by atoms with Gasteiger partial charge in [0.1, 0.15) is 5.82 Å². The van der Waals surface area contributed by atoms with Gasteiger partial charge < -0.3 is 11.1 Å². The van der Waals surface area contributed by atoms with Crippen LogP contribution >= 0.6 is 31.9 Å². The Hall–Kier alpha value is -1.07. The van der Waals surface area contributed by atoms with Crippen LogP contribution in [0, 0.1) is 5.82 Å². The third kappa shape index (κ3) is 3.23. The second-order valence-electron chi connectivity index (χ2n) is 3.83. The van der Waals surface area contributed by atoms with Gasteiger partial charge in [0, 0.05) is 17.1 Å². The van der Waals surface area contributed by atoms with Gasteiger partial charge in [0.05, 0.1) is 15.8 Å². The Bertz CT molecular complexity index is 556. The number of nitrogens with one attached hydrogen (secondary N) is 1. The fourth-order valence-corrected chi connectivity index (χ4v) is 2.14. The number of halogens is 3. The van der Waals surface area contributed by atoms with Crippen molar-refractivity contribution in [2.24, 2.45) is 0 Å². The van der Waals surface area contributed by atoms with Gasteiger partial charge in [-0.2, -0.15) is 0 Å². The molecule has 0 atom stereocenters. The molecule has 0 aliphatic rings. The Morgan fingerprint density at radius 3 is 2.44 bits per heavy atom. The standard InChI is InChI=1S/C13H11Br2FN2/c14-9-3-1-8(2-4-9)7-18-13-6-11(16)10(15)5-12(13)17/h1-6,18H,7,17H2. The van der Waals surface area contributed by atoms with E-state index in [0.717, 1.165) is 10.0 Å². The van der Waals surface area contributed by atoms with Crippen molar-refractivity contribution in [1.82, 2.24) is 0 Å². The second kappa shape index (κ2) is 5.71. The maximum absolute atomic E-state index is 13.4. The number of rotatable bonds is 3. The van der Waals surface area contributed by atoms with Gasteiger partial charge in [-0.15, -0.1) is 0 Å². The number of anilines is 2. The monoisotopic (exact) mass is 372 g/mol. The maximum Gasteiger partial charge on any atom is 0.139 e. The summed E-state index contributed by atoms with van der Waals surface area (Å²) in [6.07, 6.45) is 0. The lowest BCUT2D eigenvalue weighted by Gasteiger charge is -2.10. The Balaban J connectivity index is 2.10. The summed E-state index contributed by atoms with van der Waals surface area (Å²) < 4.78 is 14.8. The van der Waals surface area contributed by atoms with E-state index in [1.165, 1.54) is 6.07 Å². The van der Waals surface area contributed by atoms with Crippen LogP contribution in [0.25, 0.3) is 0 Å². The third-order valence-corrected chi connectivity index (χ3v) is 3.63. The zero-order valence-corrected chi connectivity index (χ0v) is 12.6. The van der Waals surface area contributed by atoms with Crippen LogP contribution in [-0.2, 0) is 6.54 Å². The molecule has 2 rings (SSSR count). The molecule has 0 aliphatic carbocycles. The molecule has 0 aromatic heterocycles. The van der Waals surface area contributed by atoms with E-state index in [4.69, 9.17) is 5.73 Å². The lowest BCUT2D eigenvalue weighted by atomic mass is 10.2. The molecule has 0 spiro atoms. The van der Waals surface area contributed by atoms with Crippen LogP contribution in [-0.4, -0.2) is 0 Å². The van der Waals surface area contributed by atoms with Gasteiger partial charge in [-0.3, -0.25) is 0 Å². The van der Waals surface area contributed by atoms with Crippen LogP contribution in [0.2, 0.25) is 0 Å². The number of nitrogen functional groups attached to an aromatic ring is 1. The minimum atomic E-state index is -0.331. The quantitative estimate of drug-likeness (QED) is 0.775. The molecule has 2 aromatic carbocycles. The number of hydrogen-bond donors (Lipinski definition) is 2. The first-order chi connectivity index (χ1) is 8.56. The second-order valence-corrected chi connectivity index (χ2v) is 5.60. The summed E-state index contributed by atoms with van der Waals surface area (Å²) in [6, 6.07) is 10.8. The molecule has 0 heterocycles. The first kappa shape index (κ1) is 13.4. The normalized spacial score (nSPS) is 10.4. The summed E-state index contributed by atoms with van der Waals surface area (Å²) >= 11 is 6.47. The Kier molecular flexibility index (Phi) is 4.24. The molecule has 94 valence electrons. The number of nitrogens with two attached hydrogens (primary N) is 1. The molecule has 0 fully saturated rings. The van der Waals surface area contributed by atoms with Gasteiger partial charge >= 0.3 is 0 Å². The Morgan fingerprint density at radius 2 is 1.78 bits per heavy atom. The minimum Gasteiger partial charge on any atom is -0.397 e. The summed E-state index contributed by atoms with van der Waals surface area (Å²) in [6.45, 7) is 0.596. The van der Waals surface area contributed by atoms with Crippen LogP contribution in [0.1, 0.15) is 5.56 Å². The molecule has 18 heavy (non-hydrogen) atoms. The molecule has 0 bridgehead atoms. The van der Waals surface area contributed by atoms with Crippen molar-refractivity contribution in [3.05, 3.63) is 56.7 Å². The van der Waals surface area contributed by atoms with Crippen molar-refractivity contribution in [1.29, 1.82) is 0 Å². The molecular weight excluding hydrogens is 363 g/mol.